The summed E-state index contributed by atoms with van der Waals surface area (Å²) in [6.45, 7) is 6.38. The Balaban J connectivity index is 1.82. The summed E-state index contributed by atoms with van der Waals surface area (Å²) in [6.07, 6.45) is 3.83. The summed E-state index contributed by atoms with van der Waals surface area (Å²) in [7, 11) is 4.25. The number of aryl methyl sites for hydroxylation is 2. The van der Waals surface area contributed by atoms with Gasteiger partial charge in [-0.25, -0.2) is 9.97 Å². The van der Waals surface area contributed by atoms with Gasteiger partial charge < -0.3 is 20.9 Å². The molecule has 0 aliphatic carbocycles. The fourth-order valence-electron chi connectivity index (χ4n) is 3.40. The van der Waals surface area contributed by atoms with E-state index in [0.29, 0.717) is 17.5 Å². The van der Waals surface area contributed by atoms with Gasteiger partial charge in [0.05, 0.1) is 0 Å². The standard InChI is InChI=1S/C19H28N6/c1-13-5-6-16(14(2)11-13)23-18-17(20)19(22-12-21-18)25(4)15-7-9-24(3)10-8-15/h5-6,11-12,15H,7-10,20H2,1-4H3,(H,21,22,23). The molecule has 1 aromatic heterocycles. The predicted molar refractivity (Wildman–Crippen MR) is 105 cm³/mol. The lowest BCUT2D eigenvalue weighted by Gasteiger charge is -2.36. The van der Waals surface area contributed by atoms with Gasteiger partial charge in [0.2, 0.25) is 0 Å². The number of anilines is 4. The fourth-order valence-corrected chi connectivity index (χ4v) is 3.40. The lowest BCUT2D eigenvalue weighted by atomic mass is 10.0. The number of rotatable bonds is 4. The maximum Gasteiger partial charge on any atom is 0.159 e. The first-order valence-electron chi connectivity index (χ1n) is 8.82. The van der Waals surface area contributed by atoms with Gasteiger partial charge in [0.1, 0.15) is 12.0 Å². The molecule has 2 aromatic rings. The predicted octanol–water partition coefficient (Wildman–Crippen LogP) is 2.95. The van der Waals surface area contributed by atoms with Gasteiger partial charge in [0.15, 0.2) is 11.6 Å². The lowest BCUT2D eigenvalue weighted by Crippen LogP contribution is -2.42. The number of hydrogen-bond acceptors (Lipinski definition) is 6. The van der Waals surface area contributed by atoms with Gasteiger partial charge in [-0.1, -0.05) is 17.7 Å². The molecule has 0 bridgehead atoms. The first kappa shape index (κ1) is 17.5. The first-order valence-corrected chi connectivity index (χ1v) is 8.82. The van der Waals surface area contributed by atoms with Crippen LogP contribution < -0.4 is 16.0 Å². The van der Waals surface area contributed by atoms with E-state index in [1.165, 1.54) is 11.1 Å². The molecule has 1 aromatic carbocycles. The Morgan fingerprint density at radius 3 is 2.60 bits per heavy atom. The van der Waals surface area contributed by atoms with Crippen molar-refractivity contribution in [2.45, 2.75) is 32.7 Å². The summed E-state index contributed by atoms with van der Waals surface area (Å²) in [5, 5.41) is 3.36. The van der Waals surface area contributed by atoms with Crippen molar-refractivity contribution in [3.63, 3.8) is 0 Å². The Bertz CT molecular complexity index is 737. The zero-order chi connectivity index (χ0) is 18.0. The van der Waals surface area contributed by atoms with Crippen LogP contribution in [0.3, 0.4) is 0 Å². The minimum Gasteiger partial charge on any atom is -0.393 e. The van der Waals surface area contributed by atoms with E-state index in [-0.39, 0.29) is 0 Å². The van der Waals surface area contributed by atoms with Crippen LogP contribution >= 0.6 is 0 Å². The molecule has 0 radical (unpaired) electrons. The Hall–Kier alpha value is -2.34. The van der Waals surface area contributed by atoms with Gasteiger partial charge in [-0.3, -0.25) is 0 Å². The van der Waals surface area contributed by atoms with Gasteiger partial charge >= 0.3 is 0 Å². The van der Waals surface area contributed by atoms with E-state index in [2.05, 4.69) is 71.2 Å². The number of nitrogens with one attached hydrogen (secondary N) is 1. The van der Waals surface area contributed by atoms with E-state index in [1.807, 2.05) is 0 Å². The van der Waals surface area contributed by atoms with Crippen LogP contribution in [-0.4, -0.2) is 48.1 Å². The summed E-state index contributed by atoms with van der Waals surface area (Å²) in [4.78, 5) is 13.4. The molecule has 1 aliphatic rings. The molecule has 0 unspecified atom stereocenters. The maximum atomic E-state index is 6.41. The highest BCUT2D eigenvalue weighted by atomic mass is 15.2. The monoisotopic (exact) mass is 340 g/mol. The molecule has 1 aliphatic heterocycles. The zero-order valence-electron chi connectivity index (χ0n) is 15.6. The molecule has 0 spiro atoms. The van der Waals surface area contributed by atoms with Crippen molar-refractivity contribution >= 4 is 23.0 Å². The van der Waals surface area contributed by atoms with Gasteiger partial charge in [-0.05, 0) is 58.5 Å². The first-order chi connectivity index (χ1) is 12.0. The van der Waals surface area contributed by atoms with Crippen molar-refractivity contribution in [2.75, 3.05) is 43.1 Å². The van der Waals surface area contributed by atoms with Crippen LogP contribution in [0.2, 0.25) is 0 Å². The fraction of sp³-hybridized carbons (Fsp3) is 0.474. The number of nitrogens with two attached hydrogens (primary N) is 1. The second-order valence-electron chi connectivity index (χ2n) is 7.05. The number of aromatic nitrogens is 2. The molecule has 25 heavy (non-hydrogen) atoms. The molecule has 0 atom stereocenters. The number of nitrogens with zero attached hydrogens (tertiary/aromatic N) is 4. The molecule has 134 valence electrons. The van der Waals surface area contributed by atoms with Gasteiger partial charge in [-0.2, -0.15) is 0 Å². The van der Waals surface area contributed by atoms with Crippen LogP contribution in [0.15, 0.2) is 24.5 Å². The van der Waals surface area contributed by atoms with Gasteiger partial charge in [-0.15, -0.1) is 0 Å². The van der Waals surface area contributed by atoms with Crippen LogP contribution in [-0.2, 0) is 0 Å². The summed E-state index contributed by atoms with van der Waals surface area (Å²) >= 11 is 0. The molecule has 0 amide bonds. The highest BCUT2D eigenvalue weighted by Crippen LogP contribution is 2.31. The minimum absolute atomic E-state index is 0.461. The minimum atomic E-state index is 0.461. The summed E-state index contributed by atoms with van der Waals surface area (Å²) in [5.41, 5.74) is 10.4. The normalized spacial score (nSPS) is 16.0. The van der Waals surface area contributed by atoms with E-state index in [4.69, 9.17) is 5.73 Å². The van der Waals surface area contributed by atoms with E-state index < -0.39 is 0 Å². The van der Waals surface area contributed by atoms with Crippen LogP contribution in [0.25, 0.3) is 0 Å². The summed E-state index contributed by atoms with van der Waals surface area (Å²) < 4.78 is 0. The third-order valence-corrected chi connectivity index (χ3v) is 5.07. The largest absolute Gasteiger partial charge is 0.393 e. The molecular formula is C19H28N6. The highest BCUT2D eigenvalue weighted by Gasteiger charge is 2.23. The number of piperidine rings is 1. The zero-order valence-corrected chi connectivity index (χ0v) is 15.6. The quantitative estimate of drug-likeness (QED) is 0.892. The second-order valence-corrected chi connectivity index (χ2v) is 7.05. The Morgan fingerprint density at radius 2 is 1.92 bits per heavy atom. The third-order valence-electron chi connectivity index (χ3n) is 5.07. The van der Waals surface area contributed by atoms with E-state index in [0.717, 1.165) is 37.4 Å². The molecule has 1 saturated heterocycles. The smallest absolute Gasteiger partial charge is 0.159 e. The topological polar surface area (TPSA) is 70.3 Å². The van der Waals surface area contributed by atoms with E-state index in [9.17, 15) is 0 Å². The Labute approximate surface area is 150 Å². The number of benzene rings is 1. The molecule has 3 N–H and O–H groups in total. The maximum absolute atomic E-state index is 6.41. The van der Waals surface area contributed by atoms with Crippen molar-refractivity contribution in [1.82, 2.24) is 14.9 Å². The molecule has 6 nitrogen and oxygen atoms in total. The molecular weight excluding hydrogens is 312 g/mol. The molecule has 0 saturated carbocycles. The third kappa shape index (κ3) is 3.85. The van der Waals surface area contributed by atoms with E-state index in [1.54, 1.807) is 6.33 Å². The van der Waals surface area contributed by atoms with Crippen molar-refractivity contribution < 1.29 is 0 Å². The van der Waals surface area contributed by atoms with Gasteiger partial charge in [0, 0.05) is 18.8 Å². The molecule has 6 heteroatoms. The number of nitrogen functional groups attached to an aromatic ring is 1. The van der Waals surface area contributed by atoms with Crippen molar-refractivity contribution in [3.8, 4) is 0 Å². The van der Waals surface area contributed by atoms with Gasteiger partial charge in [0.25, 0.3) is 0 Å². The van der Waals surface area contributed by atoms with Crippen molar-refractivity contribution in [2.24, 2.45) is 0 Å². The van der Waals surface area contributed by atoms with Crippen molar-refractivity contribution in [3.05, 3.63) is 35.7 Å². The van der Waals surface area contributed by atoms with Crippen LogP contribution in [0.5, 0.6) is 0 Å². The summed E-state index contributed by atoms with van der Waals surface area (Å²) in [6, 6.07) is 6.75. The van der Waals surface area contributed by atoms with Crippen LogP contribution in [0.1, 0.15) is 24.0 Å². The molecule has 3 rings (SSSR count). The highest BCUT2D eigenvalue weighted by molar-refractivity contribution is 5.79. The van der Waals surface area contributed by atoms with Crippen LogP contribution in [0, 0.1) is 13.8 Å². The molecule has 1 fully saturated rings. The van der Waals surface area contributed by atoms with E-state index >= 15 is 0 Å². The van der Waals surface area contributed by atoms with Crippen molar-refractivity contribution in [1.29, 1.82) is 0 Å². The Kier molecular flexibility index (Phi) is 5.08. The molecule has 2 heterocycles. The SMILES string of the molecule is Cc1ccc(Nc2ncnc(N(C)C3CCN(C)CC3)c2N)c(C)c1. The number of likely N-dealkylation sites (tertiary alicyclic amines) is 1. The average molecular weight is 340 g/mol. The van der Waals surface area contributed by atoms with Crippen LogP contribution in [0.4, 0.5) is 23.0 Å². The summed E-state index contributed by atoms with van der Waals surface area (Å²) in [5.74, 6) is 1.47. The number of hydrogen-bond donors (Lipinski definition) is 2. The Morgan fingerprint density at radius 1 is 1.20 bits per heavy atom. The second kappa shape index (κ2) is 7.27. The lowest BCUT2D eigenvalue weighted by molar-refractivity contribution is 0.252. The average Bonchev–Trinajstić information content (AvgIpc) is 2.59.